The fourth-order valence-corrected chi connectivity index (χ4v) is 4.04. The zero-order valence-corrected chi connectivity index (χ0v) is 12.5. The Morgan fingerprint density at radius 1 is 1.36 bits per heavy atom. The molecule has 14 heavy (non-hydrogen) atoms. The quantitative estimate of drug-likeness (QED) is 0.625. The van der Waals surface area contributed by atoms with E-state index in [1.807, 2.05) is 20.8 Å². The minimum atomic E-state index is -0.0000685. The second kappa shape index (κ2) is 5.79. The summed E-state index contributed by atoms with van der Waals surface area (Å²) in [5.74, 6) is 0. The molecular weight excluding hydrogens is 406 g/mol. The molecule has 2 rings (SSSR count). The molecule has 0 saturated heterocycles. The van der Waals surface area contributed by atoms with Crippen LogP contribution in [0.1, 0.15) is 19.5 Å². The minimum absolute atomic E-state index is 0.0000685. The summed E-state index contributed by atoms with van der Waals surface area (Å²) >= 11 is 2.40. The van der Waals surface area contributed by atoms with Gasteiger partial charge in [0.15, 0.2) is 0 Å². The van der Waals surface area contributed by atoms with Crippen LogP contribution in [0.2, 0.25) is 0 Å². The molecule has 0 bridgehead atoms. The summed E-state index contributed by atoms with van der Waals surface area (Å²) in [4.78, 5) is 8.20. The first-order chi connectivity index (χ1) is 6.83. The second-order valence-corrected chi connectivity index (χ2v) is 6.49. The molecule has 0 saturated carbocycles. The van der Waals surface area contributed by atoms with Gasteiger partial charge in [-0.1, -0.05) is 13.8 Å². The van der Waals surface area contributed by atoms with Crippen LogP contribution in [0.15, 0.2) is 6.33 Å². The standard InChI is InChI=1S/C6H5I2N4.C2H6/c1-3-4-5(8-7)11-12-6(4)10-2-9-3;1-2/h2H,1H3,(H,9,10,11,12);1-2H3/q-1;. The van der Waals surface area contributed by atoms with Crippen molar-refractivity contribution in [1.82, 2.24) is 20.2 Å². The zero-order chi connectivity index (χ0) is 10.6. The Kier molecular flexibility index (Phi) is 4.99. The topological polar surface area (TPSA) is 54.5 Å². The van der Waals surface area contributed by atoms with Crippen LogP contribution in [0.4, 0.5) is 0 Å². The first-order valence-corrected chi connectivity index (χ1v) is 11.6. The van der Waals surface area contributed by atoms with Gasteiger partial charge in [0.2, 0.25) is 0 Å². The van der Waals surface area contributed by atoms with E-state index in [1.54, 1.807) is 6.33 Å². The van der Waals surface area contributed by atoms with Crippen molar-refractivity contribution in [3.05, 3.63) is 15.7 Å². The van der Waals surface area contributed by atoms with E-state index in [0.29, 0.717) is 0 Å². The molecule has 2 aromatic rings. The van der Waals surface area contributed by atoms with Crippen LogP contribution in [0.5, 0.6) is 0 Å². The van der Waals surface area contributed by atoms with Gasteiger partial charge in [-0.2, -0.15) is 0 Å². The summed E-state index contributed by atoms with van der Waals surface area (Å²) in [6.07, 6.45) is 1.55. The van der Waals surface area contributed by atoms with Gasteiger partial charge in [-0.25, -0.2) is 0 Å². The van der Waals surface area contributed by atoms with Gasteiger partial charge in [-0.15, -0.1) is 0 Å². The average molecular weight is 417 g/mol. The first kappa shape index (κ1) is 12.1. The van der Waals surface area contributed by atoms with Gasteiger partial charge in [-0.3, -0.25) is 0 Å². The monoisotopic (exact) mass is 417 g/mol. The number of nitrogens with zero attached hydrogens (tertiary/aromatic N) is 3. The van der Waals surface area contributed by atoms with Crippen LogP contribution in [-0.4, -0.2) is 20.2 Å². The molecule has 0 spiro atoms. The first-order valence-electron chi connectivity index (χ1n) is 4.24. The Morgan fingerprint density at radius 3 is 2.71 bits per heavy atom. The van der Waals surface area contributed by atoms with Crippen molar-refractivity contribution >= 4 is 29.6 Å². The van der Waals surface area contributed by atoms with Gasteiger partial charge < -0.3 is 0 Å². The van der Waals surface area contributed by atoms with Crippen LogP contribution >= 0.6 is 18.6 Å². The van der Waals surface area contributed by atoms with Crippen molar-refractivity contribution in [2.45, 2.75) is 20.8 Å². The predicted octanol–water partition coefficient (Wildman–Crippen LogP) is -0.704. The van der Waals surface area contributed by atoms with Crippen molar-refractivity contribution in [3.63, 3.8) is 0 Å². The van der Waals surface area contributed by atoms with Crippen molar-refractivity contribution < 1.29 is 17.2 Å². The predicted molar refractivity (Wildman–Crippen MR) is 60.5 cm³/mol. The molecule has 0 unspecified atom stereocenters. The third-order valence-corrected chi connectivity index (χ3v) is 5.49. The Hall–Kier alpha value is 0.0100. The normalized spacial score (nSPS) is 10.0. The molecule has 78 valence electrons. The number of aromatic amines is 1. The molecule has 0 atom stereocenters. The van der Waals surface area contributed by atoms with E-state index in [4.69, 9.17) is 0 Å². The summed E-state index contributed by atoms with van der Waals surface area (Å²) < 4.78 is 1.21. The Labute approximate surface area is 103 Å². The van der Waals surface area contributed by atoms with E-state index in [1.165, 1.54) is 3.70 Å². The number of hydrogen-bond donors (Lipinski definition) is 1. The summed E-state index contributed by atoms with van der Waals surface area (Å²) in [6.45, 7) is 5.99. The third kappa shape index (κ3) is 2.33. The van der Waals surface area contributed by atoms with E-state index < -0.39 is 0 Å². The maximum atomic E-state index is 4.13. The third-order valence-electron chi connectivity index (χ3n) is 1.57. The van der Waals surface area contributed by atoms with E-state index in [2.05, 4.69) is 38.8 Å². The van der Waals surface area contributed by atoms with Gasteiger partial charge >= 0.3 is 89.7 Å². The summed E-state index contributed by atoms with van der Waals surface area (Å²) in [6, 6.07) is 0. The van der Waals surface area contributed by atoms with Gasteiger partial charge in [0.05, 0.1) is 0 Å². The van der Waals surface area contributed by atoms with Gasteiger partial charge in [-0.05, 0) is 0 Å². The SMILES string of the molecule is CC.Cc1ncnc2n[nH]c([I-]I)c12. The number of H-pyrrole nitrogens is 1. The molecule has 0 fully saturated rings. The zero-order valence-electron chi connectivity index (χ0n) is 8.17. The molecule has 2 heterocycles. The molecule has 0 radical (unpaired) electrons. The van der Waals surface area contributed by atoms with Crippen molar-refractivity contribution in [1.29, 1.82) is 0 Å². The van der Waals surface area contributed by atoms with Gasteiger partial charge in [0, 0.05) is 0 Å². The van der Waals surface area contributed by atoms with Crippen LogP contribution in [0.3, 0.4) is 0 Å². The number of aryl methyl sites for hydroxylation is 1. The average Bonchev–Trinajstić information content (AvgIpc) is 2.65. The molecule has 0 aliphatic heterocycles. The summed E-state index contributed by atoms with van der Waals surface area (Å²) in [5, 5.41) is 8.20. The molecule has 0 aliphatic rings. The fraction of sp³-hybridized carbons (Fsp3) is 0.375. The van der Waals surface area contributed by atoms with Crippen molar-refractivity contribution in [2.75, 3.05) is 0 Å². The van der Waals surface area contributed by atoms with E-state index in [9.17, 15) is 0 Å². The number of aromatic nitrogens is 4. The molecule has 2 aromatic heterocycles. The number of halogens is 2. The van der Waals surface area contributed by atoms with Gasteiger partial charge in [0.25, 0.3) is 0 Å². The van der Waals surface area contributed by atoms with Crippen molar-refractivity contribution in [3.8, 4) is 0 Å². The Balaban J connectivity index is 0.000000461. The molecule has 0 aromatic carbocycles. The van der Waals surface area contributed by atoms with E-state index in [-0.39, 0.29) is 17.2 Å². The molecule has 4 nitrogen and oxygen atoms in total. The molecule has 0 aliphatic carbocycles. The van der Waals surface area contributed by atoms with Crippen LogP contribution in [0.25, 0.3) is 11.0 Å². The number of nitrogens with one attached hydrogen (secondary N) is 1. The van der Waals surface area contributed by atoms with Crippen LogP contribution < -0.4 is 17.2 Å². The summed E-state index contributed by atoms with van der Waals surface area (Å²) in [7, 11) is 0. The van der Waals surface area contributed by atoms with Crippen molar-refractivity contribution in [2.24, 2.45) is 0 Å². The fourth-order valence-electron chi connectivity index (χ4n) is 1.01. The number of hydrogen-bond acceptors (Lipinski definition) is 3. The Bertz CT molecular complexity index is 413. The van der Waals surface area contributed by atoms with E-state index >= 15 is 0 Å². The van der Waals surface area contributed by atoms with Crippen LogP contribution in [-0.2, 0) is 0 Å². The molecular formula is C8H11I2N4-. The van der Waals surface area contributed by atoms with E-state index in [0.717, 1.165) is 16.7 Å². The Morgan fingerprint density at radius 2 is 2.07 bits per heavy atom. The maximum absolute atomic E-state index is 4.13. The van der Waals surface area contributed by atoms with Gasteiger partial charge in [0.1, 0.15) is 0 Å². The molecule has 1 N–H and O–H groups in total. The number of rotatable bonds is 1. The number of fused-ring (bicyclic) bond motifs is 1. The molecule has 0 amide bonds. The van der Waals surface area contributed by atoms with Crippen LogP contribution in [0, 0.1) is 10.6 Å². The molecule has 6 heteroatoms. The second-order valence-electron chi connectivity index (χ2n) is 2.27. The summed E-state index contributed by atoms with van der Waals surface area (Å²) in [5.41, 5.74) is 1.80.